The molecule has 0 amide bonds. The van der Waals surface area contributed by atoms with E-state index in [1.807, 2.05) is 0 Å². The first-order valence-corrected chi connectivity index (χ1v) is 6.88. The van der Waals surface area contributed by atoms with Gasteiger partial charge in [-0.3, -0.25) is 0 Å². The summed E-state index contributed by atoms with van der Waals surface area (Å²) in [7, 11) is 0. The third-order valence-electron chi connectivity index (χ3n) is 4.35. The Morgan fingerprint density at radius 3 is 2.59 bits per heavy atom. The van der Waals surface area contributed by atoms with E-state index in [1.165, 1.54) is 38.5 Å². The molecule has 0 spiro atoms. The van der Waals surface area contributed by atoms with E-state index in [0.29, 0.717) is 0 Å². The van der Waals surface area contributed by atoms with Crippen molar-refractivity contribution in [2.75, 3.05) is 0 Å². The second kappa shape index (κ2) is 4.41. The second-order valence-electron chi connectivity index (χ2n) is 5.73. The van der Waals surface area contributed by atoms with Crippen molar-refractivity contribution < 1.29 is 4.52 Å². The van der Waals surface area contributed by atoms with Crippen molar-refractivity contribution in [1.82, 2.24) is 10.1 Å². The molecule has 1 heterocycles. The predicted octanol–water partition coefficient (Wildman–Crippen LogP) is 2.53. The maximum atomic E-state index is 6.39. The third-order valence-corrected chi connectivity index (χ3v) is 4.35. The molecule has 0 atom stereocenters. The van der Waals surface area contributed by atoms with Crippen LogP contribution in [-0.2, 0) is 12.0 Å². The van der Waals surface area contributed by atoms with Crippen LogP contribution in [0.1, 0.15) is 63.1 Å². The topological polar surface area (TPSA) is 64.9 Å². The van der Waals surface area contributed by atoms with E-state index < -0.39 is 0 Å². The lowest BCUT2D eigenvalue weighted by Crippen LogP contribution is -2.39. The Hall–Kier alpha value is -0.900. The van der Waals surface area contributed by atoms with E-state index in [9.17, 15) is 0 Å². The number of nitrogens with zero attached hydrogens (tertiary/aromatic N) is 2. The molecule has 2 aliphatic carbocycles. The number of nitrogens with two attached hydrogens (primary N) is 1. The smallest absolute Gasteiger partial charge is 0.226 e. The van der Waals surface area contributed by atoms with Gasteiger partial charge >= 0.3 is 0 Å². The highest BCUT2D eigenvalue weighted by Gasteiger charge is 2.34. The molecule has 2 N–H and O–H groups in total. The van der Waals surface area contributed by atoms with Crippen molar-refractivity contribution in [3.8, 4) is 0 Å². The molecule has 4 nitrogen and oxygen atoms in total. The van der Waals surface area contributed by atoms with E-state index in [2.05, 4.69) is 10.1 Å². The van der Waals surface area contributed by atoms with Crippen LogP contribution in [0.5, 0.6) is 0 Å². The molecule has 2 saturated carbocycles. The minimum atomic E-state index is -0.320. The first-order chi connectivity index (χ1) is 8.26. The van der Waals surface area contributed by atoms with Gasteiger partial charge in [0.2, 0.25) is 5.89 Å². The van der Waals surface area contributed by atoms with Crippen molar-refractivity contribution >= 4 is 0 Å². The van der Waals surface area contributed by atoms with E-state index in [-0.39, 0.29) is 5.54 Å². The number of hydrogen-bond donors (Lipinski definition) is 1. The molecule has 0 unspecified atom stereocenters. The summed E-state index contributed by atoms with van der Waals surface area (Å²) in [6, 6.07) is 0. The highest BCUT2D eigenvalue weighted by atomic mass is 16.5. The summed E-state index contributed by atoms with van der Waals surface area (Å²) in [5.74, 6) is 2.30. The Bertz CT molecular complexity index is 378. The second-order valence-corrected chi connectivity index (χ2v) is 5.73. The zero-order chi connectivity index (χ0) is 11.7. The molecule has 2 aliphatic rings. The standard InChI is InChI=1S/C13H21N3O/c14-13(7-2-1-3-8-13)12-15-11(17-16-12)9-10-5-4-6-10/h10H,1-9,14H2. The normalized spacial score (nSPS) is 24.5. The molecular formula is C13H21N3O. The average Bonchev–Trinajstić information content (AvgIpc) is 2.74. The third kappa shape index (κ3) is 2.23. The zero-order valence-electron chi connectivity index (χ0n) is 10.3. The van der Waals surface area contributed by atoms with Crippen LogP contribution in [-0.4, -0.2) is 10.1 Å². The Morgan fingerprint density at radius 1 is 1.18 bits per heavy atom. The van der Waals surface area contributed by atoms with Crippen LogP contribution < -0.4 is 5.73 Å². The first kappa shape index (κ1) is 11.2. The van der Waals surface area contributed by atoms with Crippen molar-refractivity contribution in [2.45, 2.75) is 63.3 Å². The van der Waals surface area contributed by atoms with Crippen molar-refractivity contribution in [1.29, 1.82) is 0 Å². The summed E-state index contributed by atoms with van der Waals surface area (Å²) >= 11 is 0. The molecule has 1 aromatic rings. The van der Waals surface area contributed by atoms with E-state index >= 15 is 0 Å². The molecule has 94 valence electrons. The molecule has 0 bridgehead atoms. The Morgan fingerprint density at radius 2 is 1.94 bits per heavy atom. The lowest BCUT2D eigenvalue weighted by Gasteiger charge is -2.29. The van der Waals surface area contributed by atoms with Crippen molar-refractivity contribution in [2.24, 2.45) is 11.7 Å². The van der Waals surface area contributed by atoms with Crippen LogP contribution in [0, 0.1) is 5.92 Å². The highest BCUT2D eigenvalue weighted by Crippen LogP contribution is 2.34. The molecular weight excluding hydrogens is 214 g/mol. The van der Waals surface area contributed by atoms with E-state index in [0.717, 1.165) is 36.9 Å². The number of rotatable bonds is 3. The molecule has 0 saturated heterocycles. The van der Waals surface area contributed by atoms with Gasteiger partial charge in [-0.25, -0.2) is 0 Å². The fourth-order valence-electron chi connectivity index (χ4n) is 2.89. The Balaban J connectivity index is 1.69. The molecule has 0 aliphatic heterocycles. The van der Waals surface area contributed by atoms with Gasteiger partial charge in [0.15, 0.2) is 5.82 Å². The molecule has 3 rings (SSSR count). The Kier molecular flexibility index (Phi) is 2.90. The molecule has 17 heavy (non-hydrogen) atoms. The van der Waals surface area contributed by atoms with Gasteiger partial charge in [0.05, 0.1) is 5.54 Å². The lowest BCUT2D eigenvalue weighted by atomic mass is 9.82. The van der Waals surface area contributed by atoms with E-state index in [1.54, 1.807) is 0 Å². The Labute approximate surface area is 102 Å². The fraction of sp³-hybridized carbons (Fsp3) is 0.846. The van der Waals surface area contributed by atoms with Crippen LogP contribution in [0.4, 0.5) is 0 Å². The van der Waals surface area contributed by atoms with Gasteiger partial charge in [-0.05, 0) is 31.6 Å². The molecule has 1 aromatic heterocycles. The average molecular weight is 235 g/mol. The van der Waals surface area contributed by atoms with Gasteiger partial charge in [0.1, 0.15) is 0 Å². The summed E-state index contributed by atoms with van der Waals surface area (Å²) in [6.45, 7) is 0. The predicted molar refractivity (Wildman–Crippen MR) is 64.3 cm³/mol. The summed E-state index contributed by atoms with van der Waals surface area (Å²) < 4.78 is 5.35. The largest absolute Gasteiger partial charge is 0.339 e. The minimum absolute atomic E-state index is 0.320. The van der Waals surface area contributed by atoms with Crippen LogP contribution in [0.15, 0.2) is 4.52 Å². The maximum absolute atomic E-state index is 6.39. The maximum Gasteiger partial charge on any atom is 0.226 e. The SMILES string of the molecule is NC1(c2noc(CC3CCC3)n2)CCCCC1. The summed E-state index contributed by atoms with van der Waals surface area (Å²) in [6.07, 6.45) is 10.6. The van der Waals surface area contributed by atoms with Gasteiger partial charge in [-0.15, -0.1) is 0 Å². The summed E-state index contributed by atoms with van der Waals surface area (Å²) in [4.78, 5) is 4.52. The highest BCUT2D eigenvalue weighted by molar-refractivity contribution is 5.05. The van der Waals surface area contributed by atoms with Crippen LogP contribution >= 0.6 is 0 Å². The fourth-order valence-corrected chi connectivity index (χ4v) is 2.89. The molecule has 0 aromatic carbocycles. The molecule has 0 radical (unpaired) electrons. The van der Waals surface area contributed by atoms with Crippen LogP contribution in [0.25, 0.3) is 0 Å². The van der Waals surface area contributed by atoms with Gasteiger partial charge in [-0.1, -0.05) is 30.8 Å². The number of aromatic nitrogens is 2. The van der Waals surface area contributed by atoms with Crippen LogP contribution in [0.2, 0.25) is 0 Å². The van der Waals surface area contributed by atoms with Gasteiger partial charge in [0, 0.05) is 6.42 Å². The zero-order valence-corrected chi connectivity index (χ0v) is 10.3. The van der Waals surface area contributed by atoms with Crippen LogP contribution in [0.3, 0.4) is 0 Å². The molecule has 2 fully saturated rings. The molecule has 4 heteroatoms. The van der Waals surface area contributed by atoms with Crippen molar-refractivity contribution in [3.05, 3.63) is 11.7 Å². The lowest BCUT2D eigenvalue weighted by molar-refractivity contribution is 0.261. The van der Waals surface area contributed by atoms with Gasteiger partial charge in [0.25, 0.3) is 0 Å². The minimum Gasteiger partial charge on any atom is -0.339 e. The summed E-state index contributed by atoms with van der Waals surface area (Å²) in [5, 5.41) is 4.11. The number of hydrogen-bond acceptors (Lipinski definition) is 4. The van der Waals surface area contributed by atoms with Gasteiger partial charge < -0.3 is 10.3 Å². The van der Waals surface area contributed by atoms with Crippen molar-refractivity contribution in [3.63, 3.8) is 0 Å². The first-order valence-electron chi connectivity index (χ1n) is 6.88. The van der Waals surface area contributed by atoms with Gasteiger partial charge in [-0.2, -0.15) is 4.98 Å². The summed E-state index contributed by atoms with van der Waals surface area (Å²) in [5.41, 5.74) is 6.07. The quantitative estimate of drug-likeness (QED) is 0.874. The van der Waals surface area contributed by atoms with E-state index in [4.69, 9.17) is 10.3 Å². The monoisotopic (exact) mass is 235 g/mol.